The zero-order valence-corrected chi connectivity index (χ0v) is 15.8. The van der Waals surface area contributed by atoms with E-state index >= 15 is 0 Å². The maximum atomic E-state index is 12.2. The van der Waals surface area contributed by atoms with Gasteiger partial charge in [-0.05, 0) is 56.9 Å². The molecule has 6 heteroatoms. The number of carbonyl (C=O) groups excluding carboxylic acids is 1. The van der Waals surface area contributed by atoms with E-state index in [1.807, 2.05) is 56.4 Å². The molecule has 0 unspecified atom stereocenters. The Hall–Kier alpha value is -1.95. The van der Waals surface area contributed by atoms with Gasteiger partial charge in [-0.1, -0.05) is 12.1 Å². The van der Waals surface area contributed by atoms with Crippen LogP contribution in [-0.2, 0) is 13.5 Å². The molecule has 1 aromatic carbocycles. The second kappa shape index (κ2) is 8.24. The number of aromatic nitrogens is 2. The molecule has 2 N–H and O–H groups in total. The number of benzene rings is 1. The Balaban J connectivity index is 1.95. The maximum Gasteiger partial charge on any atom is 0.319 e. The van der Waals surface area contributed by atoms with Crippen molar-refractivity contribution in [3.8, 4) is 0 Å². The molecule has 1 atom stereocenters. The van der Waals surface area contributed by atoms with E-state index in [2.05, 4.69) is 34.1 Å². The molecule has 0 saturated carbocycles. The SMILES string of the molecule is CSCCc1ccc(NC(=O)N[C@H](C)c2c(C)nn(C)c2C)cc1. The van der Waals surface area contributed by atoms with Crippen LogP contribution in [0.15, 0.2) is 24.3 Å². The summed E-state index contributed by atoms with van der Waals surface area (Å²) >= 11 is 1.83. The maximum absolute atomic E-state index is 12.2. The highest BCUT2D eigenvalue weighted by Gasteiger charge is 2.18. The van der Waals surface area contributed by atoms with E-state index in [4.69, 9.17) is 0 Å². The van der Waals surface area contributed by atoms with Crippen molar-refractivity contribution in [2.45, 2.75) is 33.2 Å². The van der Waals surface area contributed by atoms with Gasteiger partial charge in [-0.2, -0.15) is 16.9 Å². The molecule has 2 amide bonds. The predicted octanol–water partition coefficient (Wildman–Crippen LogP) is 3.83. The number of anilines is 1. The van der Waals surface area contributed by atoms with Gasteiger partial charge in [0.1, 0.15) is 0 Å². The van der Waals surface area contributed by atoms with Gasteiger partial charge in [-0.25, -0.2) is 4.79 Å². The molecule has 0 spiro atoms. The Morgan fingerprint density at radius 3 is 2.50 bits per heavy atom. The van der Waals surface area contributed by atoms with Gasteiger partial charge >= 0.3 is 6.03 Å². The second-order valence-electron chi connectivity index (χ2n) is 5.97. The number of carbonyl (C=O) groups is 1. The van der Waals surface area contributed by atoms with Gasteiger partial charge < -0.3 is 10.6 Å². The summed E-state index contributed by atoms with van der Waals surface area (Å²) in [5.74, 6) is 1.11. The Morgan fingerprint density at radius 1 is 1.29 bits per heavy atom. The van der Waals surface area contributed by atoms with Gasteiger partial charge in [0.2, 0.25) is 0 Å². The lowest BCUT2D eigenvalue weighted by molar-refractivity contribution is 0.249. The molecule has 130 valence electrons. The molecular formula is C18H26N4OS. The quantitative estimate of drug-likeness (QED) is 0.836. The highest BCUT2D eigenvalue weighted by molar-refractivity contribution is 7.98. The fraction of sp³-hybridized carbons (Fsp3) is 0.444. The van der Waals surface area contributed by atoms with Crippen LogP contribution < -0.4 is 10.6 Å². The third kappa shape index (κ3) is 4.54. The highest BCUT2D eigenvalue weighted by Crippen LogP contribution is 2.20. The number of urea groups is 1. The minimum atomic E-state index is -0.206. The number of hydrogen-bond acceptors (Lipinski definition) is 3. The molecule has 2 rings (SSSR count). The van der Waals surface area contributed by atoms with Crippen LogP contribution >= 0.6 is 11.8 Å². The van der Waals surface area contributed by atoms with E-state index in [0.717, 1.165) is 34.8 Å². The van der Waals surface area contributed by atoms with Crippen molar-refractivity contribution in [1.82, 2.24) is 15.1 Å². The minimum Gasteiger partial charge on any atom is -0.331 e. The van der Waals surface area contributed by atoms with Crippen molar-refractivity contribution < 1.29 is 4.79 Å². The summed E-state index contributed by atoms with van der Waals surface area (Å²) in [7, 11) is 1.91. The first kappa shape index (κ1) is 18.4. The number of thioether (sulfide) groups is 1. The second-order valence-corrected chi connectivity index (χ2v) is 6.95. The molecule has 0 saturated heterocycles. The average Bonchev–Trinajstić information content (AvgIpc) is 2.79. The normalized spacial score (nSPS) is 12.0. The summed E-state index contributed by atoms with van der Waals surface area (Å²) in [4.78, 5) is 12.2. The van der Waals surface area contributed by atoms with Crippen LogP contribution in [0.2, 0.25) is 0 Å². The molecule has 1 aromatic heterocycles. The van der Waals surface area contributed by atoms with Gasteiger partial charge in [-0.3, -0.25) is 4.68 Å². The first-order valence-electron chi connectivity index (χ1n) is 8.08. The van der Waals surface area contributed by atoms with Gasteiger partial charge in [-0.15, -0.1) is 0 Å². The van der Waals surface area contributed by atoms with Crippen LogP contribution in [-0.4, -0.2) is 27.8 Å². The lowest BCUT2D eigenvalue weighted by Crippen LogP contribution is -2.31. The lowest BCUT2D eigenvalue weighted by atomic mass is 10.1. The molecule has 1 heterocycles. The highest BCUT2D eigenvalue weighted by atomic mass is 32.2. The van der Waals surface area contributed by atoms with Crippen LogP contribution in [0.3, 0.4) is 0 Å². The summed E-state index contributed by atoms with van der Waals surface area (Å²) < 4.78 is 1.84. The molecule has 0 bridgehead atoms. The number of nitrogens with one attached hydrogen (secondary N) is 2. The first-order chi connectivity index (χ1) is 11.4. The van der Waals surface area contributed by atoms with E-state index in [1.165, 1.54) is 5.56 Å². The van der Waals surface area contributed by atoms with Crippen LogP contribution in [0.25, 0.3) is 0 Å². The molecule has 2 aromatic rings. The van der Waals surface area contributed by atoms with E-state index in [1.54, 1.807) is 0 Å². The molecule has 0 aliphatic rings. The fourth-order valence-corrected chi connectivity index (χ4v) is 3.27. The average molecular weight is 347 g/mol. The van der Waals surface area contributed by atoms with Gasteiger partial charge in [0.05, 0.1) is 11.7 Å². The van der Waals surface area contributed by atoms with Crippen LogP contribution in [0, 0.1) is 13.8 Å². The summed E-state index contributed by atoms with van der Waals surface area (Å²) in [5, 5.41) is 10.3. The van der Waals surface area contributed by atoms with E-state index in [-0.39, 0.29) is 12.1 Å². The van der Waals surface area contributed by atoms with Crippen molar-refractivity contribution in [3.63, 3.8) is 0 Å². The third-order valence-corrected chi connectivity index (χ3v) is 4.76. The molecule has 0 fully saturated rings. The number of nitrogens with zero attached hydrogens (tertiary/aromatic N) is 2. The van der Waals surface area contributed by atoms with Crippen molar-refractivity contribution >= 4 is 23.5 Å². The Kier molecular flexibility index (Phi) is 6.31. The molecule has 24 heavy (non-hydrogen) atoms. The van der Waals surface area contributed by atoms with Gasteiger partial charge in [0.25, 0.3) is 0 Å². The smallest absolute Gasteiger partial charge is 0.319 e. The van der Waals surface area contributed by atoms with Crippen LogP contribution in [0.4, 0.5) is 10.5 Å². The summed E-state index contributed by atoms with van der Waals surface area (Å²) in [6.07, 6.45) is 3.15. The standard InChI is InChI=1S/C18H26N4OS/c1-12(17-13(2)21-22(4)14(17)3)19-18(23)20-16-8-6-15(7-9-16)10-11-24-5/h6-9,12H,10-11H2,1-5H3,(H2,19,20,23)/t12-/m1/s1. The summed E-state index contributed by atoms with van der Waals surface area (Å²) in [6.45, 7) is 5.95. The Labute approximate surface area is 148 Å². The minimum absolute atomic E-state index is 0.0976. The molecule has 5 nitrogen and oxygen atoms in total. The molecule has 0 radical (unpaired) electrons. The lowest BCUT2D eigenvalue weighted by Gasteiger charge is -2.15. The Morgan fingerprint density at radius 2 is 1.96 bits per heavy atom. The van der Waals surface area contributed by atoms with Gasteiger partial charge in [0.15, 0.2) is 0 Å². The fourth-order valence-electron chi connectivity index (χ4n) is 2.83. The zero-order valence-electron chi connectivity index (χ0n) is 15.0. The number of aryl methyl sites for hydroxylation is 3. The van der Waals surface area contributed by atoms with Crippen molar-refractivity contribution in [3.05, 3.63) is 46.8 Å². The van der Waals surface area contributed by atoms with E-state index in [9.17, 15) is 4.79 Å². The van der Waals surface area contributed by atoms with E-state index in [0.29, 0.717) is 0 Å². The summed E-state index contributed by atoms with van der Waals surface area (Å²) in [5.41, 5.74) is 5.16. The van der Waals surface area contributed by atoms with Gasteiger partial charge in [0, 0.05) is 24.0 Å². The molecular weight excluding hydrogens is 320 g/mol. The number of rotatable bonds is 6. The topological polar surface area (TPSA) is 59.0 Å². The van der Waals surface area contributed by atoms with Crippen LogP contribution in [0.5, 0.6) is 0 Å². The van der Waals surface area contributed by atoms with Crippen molar-refractivity contribution in [1.29, 1.82) is 0 Å². The third-order valence-electron chi connectivity index (χ3n) is 4.15. The zero-order chi connectivity index (χ0) is 17.7. The van der Waals surface area contributed by atoms with Crippen molar-refractivity contribution in [2.24, 2.45) is 7.05 Å². The monoisotopic (exact) mass is 346 g/mol. The number of amides is 2. The van der Waals surface area contributed by atoms with Crippen LogP contribution in [0.1, 0.15) is 35.5 Å². The summed E-state index contributed by atoms with van der Waals surface area (Å²) in [6, 6.07) is 7.71. The molecule has 0 aliphatic carbocycles. The number of hydrogen-bond donors (Lipinski definition) is 2. The molecule has 0 aliphatic heterocycles. The van der Waals surface area contributed by atoms with E-state index < -0.39 is 0 Å². The largest absolute Gasteiger partial charge is 0.331 e. The first-order valence-corrected chi connectivity index (χ1v) is 9.47. The predicted molar refractivity (Wildman–Crippen MR) is 102 cm³/mol. The van der Waals surface area contributed by atoms with Crippen molar-refractivity contribution in [2.75, 3.05) is 17.3 Å². The Bertz CT molecular complexity index is 694.